The van der Waals surface area contributed by atoms with E-state index >= 15 is 0 Å². The van der Waals surface area contributed by atoms with Crippen LogP contribution in [0.4, 0.5) is 0 Å². The van der Waals surface area contributed by atoms with Crippen molar-refractivity contribution in [1.29, 1.82) is 0 Å². The van der Waals surface area contributed by atoms with E-state index in [1.165, 1.54) is 6.33 Å². The molecule has 14 heavy (non-hydrogen) atoms. The van der Waals surface area contributed by atoms with E-state index < -0.39 is 0 Å². The number of aromatic nitrogens is 4. The molecule has 0 atom stereocenters. The van der Waals surface area contributed by atoms with Crippen LogP contribution >= 0.6 is 0 Å². The lowest BCUT2D eigenvalue weighted by Gasteiger charge is -1.84. The van der Waals surface area contributed by atoms with Gasteiger partial charge >= 0.3 is 0 Å². The number of hydrogen-bond donors (Lipinski definition) is 2. The molecule has 3 heterocycles. The van der Waals surface area contributed by atoms with Crippen molar-refractivity contribution >= 4 is 21.9 Å². The van der Waals surface area contributed by atoms with Crippen LogP contribution in [0, 0.1) is 0 Å². The van der Waals surface area contributed by atoms with Gasteiger partial charge in [0, 0.05) is 6.07 Å². The van der Waals surface area contributed by atoms with Crippen LogP contribution in [0.1, 0.15) is 0 Å². The van der Waals surface area contributed by atoms with Gasteiger partial charge in [-0.15, -0.1) is 0 Å². The molecule has 0 aliphatic heterocycles. The van der Waals surface area contributed by atoms with Crippen molar-refractivity contribution in [2.24, 2.45) is 0 Å². The Labute approximate surface area is 77.8 Å². The minimum atomic E-state index is -0.124. The Kier molecular flexibility index (Phi) is 1.25. The van der Waals surface area contributed by atoms with Crippen LogP contribution < -0.4 is 10.5 Å². The second-order valence-electron chi connectivity index (χ2n) is 3.05. The molecule has 3 aromatic heterocycles. The summed E-state index contributed by atoms with van der Waals surface area (Å²) in [7, 11) is 0. The molecule has 0 radical (unpaired) electrons. The summed E-state index contributed by atoms with van der Waals surface area (Å²) >= 11 is 0. The molecule has 5 heteroatoms. The largest absolute Gasteiger partial charge is 0.339 e. The van der Waals surface area contributed by atoms with Gasteiger partial charge in [-0.2, -0.15) is 0 Å². The van der Waals surface area contributed by atoms with Crippen LogP contribution in [0.3, 0.4) is 0 Å². The summed E-state index contributed by atoms with van der Waals surface area (Å²) in [5.41, 5.74) is 1.40. The highest BCUT2D eigenvalue weighted by Crippen LogP contribution is 2.17. The predicted molar refractivity (Wildman–Crippen MR) is 50.8 cm³/mol. The summed E-state index contributed by atoms with van der Waals surface area (Å²) in [5, 5.41) is 1.45. The number of nitrogens with one attached hydrogen (secondary N) is 3. The molecule has 5 nitrogen and oxygen atoms in total. The normalized spacial score (nSPS) is 11.1. The van der Waals surface area contributed by atoms with E-state index in [1.807, 2.05) is 6.07 Å². The third-order valence-corrected chi connectivity index (χ3v) is 2.24. The Morgan fingerprint density at radius 1 is 1.43 bits per heavy atom. The summed E-state index contributed by atoms with van der Waals surface area (Å²) < 4.78 is 0. The summed E-state index contributed by atoms with van der Waals surface area (Å²) in [6.07, 6.45) is 4.97. The number of nitrogens with zero attached hydrogens (tertiary/aromatic N) is 1. The lowest BCUT2D eigenvalue weighted by atomic mass is 10.2. The topological polar surface area (TPSA) is 75.7 Å². The fourth-order valence-electron chi connectivity index (χ4n) is 1.62. The summed E-state index contributed by atoms with van der Waals surface area (Å²) in [6, 6.07) is 1.87. The Morgan fingerprint density at radius 2 is 2.36 bits per heavy atom. The van der Waals surface area contributed by atoms with Gasteiger partial charge < -0.3 is 9.97 Å². The smallest absolute Gasteiger partial charge is 0.261 e. The maximum atomic E-state index is 11.5. The SMILES string of the molecule is O=c1[nH]cnc2[nH]c3cc[nH+]cc3c12. The van der Waals surface area contributed by atoms with Crippen molar-refractivity contribution in [3.05, 3.63) is 35.1 Å². The number of pyridine rings is 1. The van der Waals surface area contributed by atoms with Crippen LogP contribution in [-0.4, -0.2) is 15.0 Å². The van der Waals surface area contributed by atoms with Crippen LogP contribution in [0.15, 0.2) is 29.6 Å². The lowest BCUT2D eigenvalue weighted by molar-refractivity contribution is -0.375. The Morgan fingerprint density at radius 3 is 3.29 bits per heavy atom. The van der Waals surface area contributed by atoms with E-state index in [-0.39, 0.29) is 5.56 Å². The van der Waals surface area contributed by atoms with Crippen LogP contribution in [0.25, 0.3) is 21.9 Å². The average Bonchev–Trinajstić information content (AvgIpc) is 2.57. The highest BCUT2D eigenvalue weighted by Gasteiger charge is 2.09. The second kappa shape index (κ2) is 2.41. The Bertz CT molecular complexity index is 667. The minimum absolute atomic E-state index is 0.124. The van der Waals surface area contributed by atoms with Gasteiger partial charge in [0.2, 0.25) is 0 Å². The van der Waals surface area contributed by atoms with Gasteiger partial charge in [0.25, 0.3) is 5.56 Å². The number of rotatable bonds is 0. The number of hydrogen-bond acceptors (Lipinski definition) is 2. The third-order valence-electron chi connectivity index (χ3n) is 2.24. The molecular weight excluding hydrogens is 180 g/mol. The van der Waals surface area contributed by atoms with Gasteiger partial charge in [-0.05, 0) is 0 Å². The summed E-state index contributed by atoms with van der Waals surface area (Å²) in [5.74, 6) is 0. The molecule has 0 spiro atoms. The molecule has 0 bridgehead atoms. The molecule has 0 amide bonds. The van der Waals surface area contributed by atoms with E-state index in [2.05, 4.69) is 19.9 Å². The van der Waals surface area contributed by atoms with Crippen molar-refractivity contribution in [3.63, 3.8) is 0 Å². The maximum absolute atomic E-state index is 11.5. The third kappa shape index (κ3) is 0.806. The van der Waals surface area contributed by atoms with E-state index in [0.29, 0.717) is 11.0 Å². The highest BCUT2D eigenvalue weighted by atomic mass is 16.1. The zero-order valence-electron chi connectivity index (χ0n) is 7.16. The van der Waals surface area contributed by atoms with Crippen molar-refractivity contribution in [2.75, 3.05) is 0 Å². The fraction of sp³-hybridized carbons (Fsp3) is 0. The first-order chi connectivity index (χ1) is 6.86. The van der Waals surface area contributed by atoms with Crippen LogP contribution in [-0.2, 0) is 0 Å². The first kappa shape index (κ1) is 7.25. The van der Waals surface area contributed by atoms with E-state index in [0.717, 1.165) is 10.9 Å². The van der Waals surface area contributed by atoms with Gasteiger partial charge in [0.1, 0.15) is 5.65 Å². The average molecular weight is 187 g/mol. The van der Waals surface area contributed by atoms with E-state index in [4.69, 9.17) is 0 Å². The Balaban J connectivity index is 2.73. The molecule has 0 saturated heterocycles. The monoisotopic (exact) mass is 187 g/mol. The highest BCUT2D eigenvalue weighted by molar-refractivity contribution is 6.04. The van der Waals surface area contributed by atoms with Crippen LogP contribution in [0.2, 0.25) is 0 Å². The molecule has 0 unspecified atom stereocenters. The van der Waals surface area contributed by atoms with E-state index in [1.54, 1.807) is 12.4 Å². The Hall–Kier alpha value is -2.17. The maximum Gasteiger partial charge on any atom is 0.261 e. The molecular formula is C9H7N4O+. The van der Waals surface area contributed by atoms with Gasteiger partial charge in [0.05, 0.1) is 22.6 Å². The molecule has 68 valence electrons. The van der Waals surface area contributed by atoms with Crippen molar-refractivity contribution < 1.29 is 4.98 Å². The molecule has 0 fully saturated rings. The van der Waals surface area contributed by atoms with E-state index in [9.17, 15) is 4.79 Å². The van der Waals surface area contributed by atoms with Crippen molar-refractivity contribution in [1.82, 2.24) is 15.0 Å². The summed E-state index contributed by atoms with van der Waals surface area (Å²) in [6.45, 7) is 0. The minimum Gasteiger partial charge on any atom is -0.339 e. The molecule has 0 aromatic carbocycles. The number of fused-ring (bicyclic) bond motifs is 3. The lowest BCUT2D eigenvalue weighted by Crippen LogP contribution is -2.05. The molecule has 0 aliphatic carbocycles. The molecule has 0 aliphatic rings. The first-order valence-corrected chi connectivity index (χ1v) is 4.21. The van der Waals surface area contributed by atoms with Crippen molar-refractivity contribution in [3.8, 4) is 0 Å². The molecule has 0 saturated carbocycles. The van der Waals surface area contributed by atoms with Gasteiger partial charge in [-0.25, -0.2) is 9.97 Å². The molecule has 3 aromatic rings. The first-order valence-electron chi connectivity index (χ1n) is 4.21. The fourth-order valence-corrected chi connectivity index (χ4v) is 1.62. The molecule has 3 N–H and O–H groups in total. The predicted octanol–water partition coefficient (Wildman–Crippen LogP) is 0.218. The number of aromatic amines is 3. The van der Waals surface area contributed by atoms with Gasteiger partial charge in [-0.1, -0.05) is 0 Å². The standard InChI is InChI=1S/C9H6N4O/c14-9-7-5-3-10-2-1-6(5)13-8(7)11-4-12-9/h1-4H,(H2,11,12,13,14)/p+1. The van der Waals surface area contributed by atoms with Gasteiger partial charge in [0.15, 0.2) is 12.4 Å². The van der Waals surface area contributed by atoms with Crippen molar-refractivity contribution in [2.45, 2.75) is 0 Å². The zero-order valence-corrected chi connectivity index (χ0v) is 7.16. The zero-order chi connectivity index (χ0) is 9.54. The van der Waals surface area contributed by atoms with Gasteiger partial charge in [-0.3, -0.25) is 4.79 Å². The second-order valence-corrected chi connectivity index (χ2v) is 3.05. The summed E-state index contributed by atoms with van der Waals surface area (Å²) in [4.78, 5) is 24.1. The quantitative estimate of drug-likeness (QED) is 0.528. The molecule has 3 rings (SSSR count). The van der Waals surface area contributed by atoms with Crippen LogP contribution in [0.5, 0.6) is 0 Å². The number of H-pyrrole nitrogens is 3.